The minimum absolute atomic E-state index is 0.00373. The van der Waals surface area contributed by atoms with Crippen LogP contribution in [0.25, 0.3) is 22.3 Å². The van der Waals surface area contributed by atoms with Crippen LogP contribution in [0.15, 0.2) is 194 Å². The van der Waals surface area contributed by atoms with Gasteiger partial charge in [0.25, 0.3) is 0 Å². The van der Waals surface area contributed by atoms with Crippen molar-refractivity contribution in [3.8, 4) is 22.3 Å². The summed E-state index contributed by atoms with van der Waals surface area (Å²) in [6.45, 7) is -0.253. The van der Waals surface area contributed by atoms with Gasteiger partial charge in [0, 0.05) is 17.4 Å². The summed E-state index contributed by atoms with van der Waals surface area (Å²) >= 11 is 0. The molecule has 0 fully saturated rings. The van der Waals surface area contributed by atoms with Gasteiger partial charge in [-0.25, -0.2) is 19.2 Å². The van der Waals surface area contributed by atoms with Crippen LogP contribution < -0.4 is 0 Å². The van der Waals surface area contributed by atoms with Gasteiger partial charge in [-0.05, 0) is 105 Å². The first kappa shape index (κ1) is 46.1. The fourth-order valence-electron chi connectivity index (χ4n) is 9.90. The van der Waals surface area contributed by atoms with Gasteiger partial charge in [-0.15, -0.1) is 0 Å². The Morgan fingerprint density at radius 3 is 1.11 bits per heavy atom. The van der Waals surface area contributed by atoms with E-state index in [1.54, 1.807) is 18.2 Å². The van der Waals surface area contributed by atoms with Gasteiger partial charge in [0.05, 0.1) is 22.3 Å². The van der Waals surface area contributed by atoms with E-state index in [0.29, 0.717) is 29.5 Å². The standard InChI is InChI=1S/C62H48O9/c63-57-30-32-62(56-36-53(61(67)71-40-44-23-11-4-12-24-44)51(34-54(56)57)59(65)69-38-42-19-7-2-8-20-42)31-29-45-25-13-14-26-46(45)47-27-15-16-28-48(47)49-33-50(58(64)68-37-41-17-5-1-6-18-41)52(35-55(49)62)60(66)70-39-43-21-9-3-10-22-43/h1-28,33-36H,29-32,37-40H2. The molecular weight excluding hydrogens is 889 g/mol. The van der Waals surface area contributed by atoms with Gasteiger partial charge in [0.1, 0.15) is 26.4 Å². The zero-order valence-electron chi connectivity index (χ0n) is 38.8. The lowest BCUT2D eigenvalue weighted by Gasteiger charge is -2.41. The summed E-state index contributed by atoms with van der Waals surface area (Å²) in [5.74, 6) is -3.27. The summed E-state index contributed by atoms with van der Waals surface area (Å²) in [7, 11) is 0. The van der Waals surface area contributed by atoms with Crippen LogP contribution in [-0.4, -0.2) is 29.7 Å². The molecule has 1 spiro atoms. The largest absolute Gasteiger partial charge is 0.457 e. The van der Waals surface area contributed by atoms with E-state index >= 15 is 0 Å². The topological polar surface area (TPSA) is 122 Å². The molecule has 0 aromatic heterocycles. The number of Topliss-reactive ketones (excluding diaryl/α,β-unsaturated/α-hetero) is 1. The van der Waals surface area contributed by atoms with Gasteiger partial charge in [-0.3, -0.25) is 4.79 Å². The molecule has 0 saturated heterocycles. The van der Waals surface area contributed by atoms with Crippen molar-refractivity contribution < 1.29 is 42.9 Å². The summed E-state index contributed by atoms with van der Waals surface area (Å²) in [6.07, 6.45) is 1.25. The van der Waals surface area contributed by atoms with Crippen LogP contribution >= 0.6 is 0 Å². The second kappa shape index (κ2) is 20.5. The number of esters is 4. The molecule has 9 nitrogen and oxygen atoms in total. The Morgan fingerprint density at radius 1 is 0.352 bits per heavy atom. The van der Waals surface area contributed by atoms with Crippen molar-refractivity contribution >= 4 is 29.7 Å². The molecule has 2 aliphatic carbocycles. The fraction of sp³-hybridized carbons (Fsp3) is 0.145. The molecule has 0 aliphatic heterocycles. The second-order valence-corrected chi connectivity index (χ2v) is 17.8. The number of ketones is 1. The highest BCUT2D eigenvalue weighted by Gasteiger charge is 2.45. The Bertz CT molecular complexity index is 3290. The molecule has 10 rings (SSSR count). The van der Waals surface area contributed by atoms with E-state index in [2.05, 4.69) is 12.1 Å². The molecule has 350 valence electrons. The minimum atomic E-state index is -1.11. The first-order valence-electron chi connectivity index (χ1n) is 23.7. The Balaban J connectivity index is 1.19. The van der Waals surface area contributed by atoms with E-state index < -0.39 is 29.3 Å². The van der Waals surface area contributed by atoms with Gasteiger partial charge in [0.15, 0.2) is 5.78 Å². The van der Waals surface area contributed by atoms with Crippen molar-refractivity contribution in [2.24, 2.45) is 0 Å². The van der Waals surface area contributed by atoms with Crippen LogP contribution in [0.4, 0.5) is 0 Å². The SMILES string of the molecule is O=C(OCc1ccccc1)c1cc2c(cc1C(=O)OCc1ccccc1)C1(CCC2=O)CCc2ccccc2-c2ccccc2-c2cc(C(=O)OCc3ccccc3)c(C(=O)OCc3ccccc3)cc21. The molecule has 0 radical (unpaired) electrons. The Hall–Kier alpha value is -8.69. The molecule has 0 bridgehead atoms. The average Bonchev–Trinajstić information content (AvgIpc) is 3.47. The molecule has 71 heavy (non-hydrogen) atoms. The summed E-state index contributed by atoms with van der Waals surface area (Å²) in [5.41, 5.74) is 7.41. The monoisotopic (exact) mass is 936 g/mol. The maximum atomic E-state index is 14.7. The first-order valence-corrected chi connectivity index (χ1v) is 23.7. The number of aryl methyl sites for hydroxylation is 1. The molecular formula is C62H48O9. The molecule has 8 aromatic carbocycles. The lowest BCUT2D eigenvalue weighted by atomic mass is 9.61. The minimum Gasteiger partial charge on any atom is -0.457 e. The third kappa shape index (κ3) is 9.67. The molecule has 0 amide bonds. The number of hydrogen-bond donors (Lipinski definition) is 0. The molecule has 8 aromatic rings. The van der Waals surface area contributed by atoms with Crippen LogP contribution in [0.5, 0.6) is 0 Å². The number of ether oxygens (including phenoxy) is 4. The summed E-state index contributed by atoms with van der Waals surface area (Å²) in [6, 6.07) is 59.6. The normalized spacial score (nSPS) is 14.5. The zero-order chi connectivity index (χ0) is 48.7. The third-order valence-electron chi connectivity index (χ3n) is 13.5. The van der Waals surface area contributed by atoms with E-state index in [-0.39, 0.29) is 72.9 Å². The van der Waals surface area contributed by atoms with Crippen molar-refractivity contribution in [3.63, 3.8) is 0 Å². The predicted molar refractivity (Wildman–Crippen MR) is 269 cm³/mol. The van der Waals surface area contributed by atoms with E-state index in [1.165, 1.54) is 6.07 Å². The quantitative estimate of drug-likeness (QED) is 0.0870. The van der Waals surface area contributed by atoms with Gasteiger partial charge in [0.2, 0.25) is 0 Å². The lowest BCUT2D eigenvalue weighted by Crippen LogP contribution is -2.37. The molecule has 0 saturated carbocycles. The molecule has 1 unspecified atom stereocenters. The van der Waals surface area contributed by atoms with Gasteiger partial charge < -0.3 is 18.9 Å². The highest BCUT2D eigenvalue weighted by Crippen LogP contribution is 2.53. The van der Waals surface area contributed by atoms with Crippen molar-refractivity contribution in [1.29, 1.82) is 0 Å². The van der Waals surface area contributed by atoms with Crippen molar-refractivity contribution in [3.05, 3.63) is 261 Å². The number of carbonyl (C=O) groups is 5. The van der Waals surface area contributed by atoms with Crippen molar-refractivity contribution in [2.45, 2.75) is 57.5 Å². The molecule has 0 N–H and O–H groups in total. The van der Waals surface area contributed by atoms with Crippen LogP contribution in [0.1, 0.15) is 110 Å². The highest BCUT2D eigenvalue weighted by atomic mass is 16.5. The Kier molecular flexibility index (Phi) is 13.3. The Labute approximate surface area is 411 Å². The van der Waals surface area contributed by atoms with Crippen LogP contribution in [-0.2, 0) is 57.2 Å². The molecule has 1 atom stereocenters. The smallest absolute Gasteiger partial charge is 0.339 e. The van der Waals surface area contributed by atoms with E-state index in [4.69, 9.17) is 18.9 Å². The molecule has 9 heteroatoms. The number of fused-ring (bicyclic) bond motifs is 8. The zero-order valence-corrected chi connectivity index (χ0v) is 38.8. The van der Waals surface area contributed by atoms with Gasteiger partial charge in [-0.2, -0.15) is 0 Å². The van der Waals surface area contributed by atoms with Crippen LogP contribution in [0.2, 0.25) is 0 Å². The number of carbonyl (C=O) groups excluding carboxylic acids is 5. The fourth-order valence-corrected chi connectivity index (χ4v) is 9.90. The molecule has 2 aliphatic rings. The van der Waals surface area contributed by atoms with Crippen molar-refractivity contribution in [2.75, 3.05) is 0 Å². The summed E-state index contributed by atoms with van der Waals surface area (Å²) in [4.78, 5) is 72.7. The van der Waals surface area contributed by atoms with E-state index in [9.17, 15) is 24.0 Å². The predicted octanol–water partition coefficient (Wildman–Crippen LogP) is 12.7. The van der Waals surface area contributed by atoms with Crippen LogP contribution in [0.3, 0.4) is 0 Å². The third-order valence-corrected chi connectivity index (χ3v) is 13.5. The number of hydrogen-bond acceptors (Lipinski definition) is 9. The van der Waals surface area contributed by atoms with Crippen LogP contribution in [0, 0.1) is 0 Å². The summed E-state index contributed by atoms with van der Waals surface area (Å²) < 4.78 is 23.8. The molecule has 0 heterocycles. The second-order valence-electron chi connectivity index (χ2n) is 17.8. The van der Waals surface area contributed by atoms with Gasteiger partial charge >= 0.3 is 23.9 Å². The Morgan fingerprint density at radius 2 is 0.676 bits per heavy atom. The maximum Gasteiger partial charge on any atom is 0.339 e. The lowest BCUT2D eigenvalue weighted by molar-refractivity contribution is 0.0424. The number of benzene rings is 8. The van der Waals surface area contributed by atoms with Gasteiger partial charge in [-0.1, -0.05) is 170 Å². The van der Waals surface area contributed by atoms with E-state index in [0.717, 1.165) is 44.5 Å². The van der Waals surface area contributed by atoms with Crippen molar-refractivity contribution in [1.82, 2.24) is 0 Å². The highest BCUT2D eigenvalue weighted by molar-refractivity contribution is 6.09. The number of rotatable bonds is 12. The summed E-state index contributed by atoms with van der Waals surface area (Å²) in [5, 5.41) is 0. The van der Waals surface area contributed by atoms with E-state index in [1.807, 2.05) is 158 Å². The first-order chi connectivity index (χ1) is 34.8. The maximum absolute atomic E-state index is 14.7. The average molecular weight is 937 g/mol.